The van der Waals surface area contributed by atoms with Gasteiger partial charge in [0.1, 0.15) is 10.6 Å². The lowest BCUT2D eigenvalue weighted by Crippen LogP contribution is -2.05. The molecule has 0 radical (unpaired) electrons. The van der Waals surface area contributed by atoms with Crippen molar-refractivity contribution in [3.8, 4) is 0 Å². The highest BCUT2D eigenvalue weighted by Gasteiger charge is 2.08. The second-order valence-electron chi connectivity index (χ2n) is 3.65. The van der Waals surface area contributed by atoms with Crippen LogP contribution >= 0.6 is 11.3 Å². The number of aromatic nitrogens is 2. The first-order valence-corrected chi connectivity index (χ1v) is 6.26. The predicted molar refractivity (Wildman–Crippen MR) is 70.5 cm³/mol. The number of nitrogens with zero attached hydrogens (tertiary/aromatic N) is 2. The molecular formula is C11H16N4S. The van der Waals surface area contributed by atoms with Crippen molar-refractivity contribution >= 4 is 33.3 Å². The lowest BCUT2D eigenvalue weighted by Gasteiger charge is -2.06. The number of aryl methyl sites for hydroxylation is 1. The minimum absolute atomic E-state index is 0.709. The Hall–Kier alpha value is -1.36. The first-order chi connectivity index (χ1) is 7.74. The second-order valence-corrected chi connectivity index (χ2v) is 4.88. The Labute approximate surface area is 99.1 Å². The number of anilines is 2. The van der Waals surface area contributed by atoms with Crippen LogP contribution in [0.5, 0.6) is 0 Å². The highest BCUT2D eigenvalue weighted by atomic mass is 32.1. The summed E-state index contributed by atoms with van der Waals surface area (Å²) in [5.41, 5.74) is 0. The summed E-state index contributed by atoms with van der Waals surface area (Å²) in [6.07, 6.45) is 1.07. The van der Waals surface area contributed by atoms with Crippen LogP contribution < -0.4 is 10.6 Å². The van der Waals surface area contributed by atoms with Crippen LogP contribution in [0.3, 0.4) is 0 Å². The smallest absolute Gasteiger partial charge is 0.226 e. The highest BCUT2D eigenvalue weighted by Crippen LogP contribution is 2.29. The van der Waals surface area contributed by atoms with Crippen molar-refractivity contribution in [3.63, 3.8) is 0 Å². The van der Waals surface area contributed by atoms with Gasteiger partial charge in [-0.05, 0) is 19.4 Å². The summed E-state index contributed by atoms with van der Waals surface area (Å²) < 4.78 is 0. The number of rotatable bonds is 4. The Bertz CT molecular complexity index is 492. The van der Waals surface area contributed by atoms with Crippen molar-refractivity contribution in [3.05, 3.63) is 10.9 Å². The van der Waals surface area contributed by atoms with Gasteiger partial charge in [0.15, 0.2) is 0 Å². The Morgan fingerprint density at radius 3 is 2.88 bits per heavy atom. The third-order valence-electron chi connectivity index (χ3n) is 2.29. The van der Waals surface area contributed by atoms with Gasteiger partial charge in [-0.15, -0.1) is 11.3 Å². The van der Waals surface area contributed by atoms with Gasteiger partial charge in [0, 0.05) is 18.5 Å². The number of hydrogen-bond acceptors (Lipinski definition) is 5. The summed E-state index contributed by atoms with van der Waals surface area (Å²) >= 11 is 1.70. The largest absolute Gasteiger partial charge is 0.372 e. The molecule has 2 heterocycles. The molecule has 0 atom stereocenters. The summed E-state index contributed by atoms with van der Waals surface area (Å²) in [7, 11) is 1.89. The summed E-state index contributed by atoms with van der Waals surface area (Å²) in [6.45, 7) is 5.11. The van der Waals surface area contributed by atoms with E-state index in [1.165, 1.54) is 4.88 Å². The molecule has 2 N–H and O–H groups in total. The van der Waals surface area contributed by atoms with Gasteiger partial charge in [0.05, 0.1) is 5.39 Å². The van der Waals surface area contributed by atoms with Gasteiger partial charge in [0.25, 0.3) is 0 Å². The molecular weight excluding hydrogens is 220 g/mol. The van der Waals surface area contributed by atoms with Crippen LogP contribution in [-0.2, 0) is 0 Å². The van der Waals surface area contributed by atoms with Gasteiger partial charge in [-0.3, -0.25) is 0 Å². The zero-order chi connectivity index (χ0) is 11.5. The SMILES string of the molecule is CCCNc1nc(NC)c2cc(C)sc2n1. The first kappa shape index (κ1) is 11.1. The maximum atomic E-state index is 4.50. The highest BCUT2D eigenvalue weighted by molar-refractivity contribution is 7.18. The zero-order valence-electron chi connectivity index (χ0n) is 9.79. The van der Waals surface area contributed by atoms with Gasteiger partial charge >= 0.3 is 0 Å². The Morgan fingerprint density at radius 2 is 2.19 bits per heavy atom. The Morgan fingerprint density at radius 1 is 1.38 bits per heavy atom. The standard InChI is InChI=1S/C11H16N4S/c1-4-5-13-11-14-9(12-3)8-6-7(2)16-10(8)15-11/h6H,4-5H2,1-3H3,(H2,12,13,14,15). The Kier molecular flexibility index (Phi) is 3.24. The van der Waals surface area contributed by atoms with Crippen molar-refractivity contribution in [1.82, 2.24) is 9.97 Å². The molecule has 0 aliphatic rings. The number of thiophene rings is 1. The van der Waals surface area contributed by atoms with Crippen molar-refractivity contribution in [2.45, 2.75) is 20.3 Å². The lowest BCUT2D eigenvalue weighted by molar-refractivity contribution is 0.958. The Balaban J connectivity index is 2.45. The van der Waals surface area contributed by atoms with E-state index < -0.39 is 0 Å². The molecule has 86 valence electrons. The molecule has 0 amide bonds. The molecule has 0 spiro atoms. The van der Waals surface area contributed by atoms with Crippen LogP contribution in [0.15, 0.2) is 6.07 Å². The van der Waals surface area contributed by atoms with E-state index in [1.54, 1.807) is 11.3 Å². The van der Waals surface area contributed by atoms with E-state index in [-0.39, 0.29) is 0 Å². The van der Waals surface area contributed by atoms with Crippen LogP contribution in [0.4, 0.5) is 11.8 Å². The first-order valence-electron chi connectivity index (χ1n) is 5.44. The average molecular weight is 236 g/mol. The van der Waals surface area contributed by atoms with Gasteiger partial charge in [-0.25, -0.2) is 4.98 Å². The van der Waals surface area contributed by atoms with E-state index in [2.05, 4.69) is 40.5 Å². The fourth-order valence-electron chi connectivity index (χ4n) is 1.55. The van der Waals surface area contributed by atoms with E-state index in [1.807, 2.05) is 7.05 Å². The molecule has 0 saturated carbocycles. The van der Waals surface area contributed by atoms with Gasteiger partial charge in [-0.1, -0.05) is 6.92 Å². The van der Waals surface area contributed by atoms with Crippen LogP contribution in [0.25, 0.3) is 10.2 Å². The van der Waals surface area contributed by atoms with Gasteiger partial charge < -0.3 is 10.6 Å². The van der Waals surface area contributed by atoms with Crippen molar-refractivity contribution in [2.75, 3.05) is 24.2 Å². The third kappa shape index (κ3) is 2.09. The molecule has 0 aromatic carbocycles. The van der Waals surface area contributed by atoms with Gasteiger partial charge in [-0.2, -0.15) is 4.98 Å². The average Bonchev–Trinajstić information content (AvgIpc) is 2.65. The molecule has 0 fully saturated rings. The summed E-state index contributed by atoms with van der Waals surface area (Å²) in [5.74, 6) is 1.61. The predicted octanol–water partition coefficient (Wildman–Crippen LogP) is 2.86. The van der Waals surface area contributed by atoms with E-state index in [0.29, 0.717) is 5.95 Å². The molecule has 0 aliphatic heterocycles. The maximum absolute atomic E-state index is 4.50. The summed E-state index contributed by atoms with van der Waals surface area (Å²) in [6, 6.07) is 2.12. The van der Waals surface area contributed by atoms with E-state index in [0.717, 1.165) is 29.0 Å². The summed E-state index contributed by atoms with van der Waals surface area (Å²) in [5, 5.41) is 7.43. The monoisotopic (exact) mass is 236 g/mol. The second kappa shape index (κ2) is 4.65. The zero-order valence-corrected chi connectivity index (χ0v) is 10.6. The number of hydrogen-bond donors (Lipinski definition) is 2. The van der Waals surface area contributed by atoms with Crippen molar-refractivity contribution in [1.29, 1.82) is 0 Å². The number of nitrogens with one attached hydrogen (secondary N) is 2. The molecule has 2 aromatic rings. The van der Waals surface area contributed by atoms with Crippen LogP contribution in [0, 0.1) is 6.92 Å². The molecule has 0 bridgehead atoms. The van der Waals surface area contributed by atoms with Crippen molar-refractivity contribution in [2.24, 2.45) is 0 Å². The topological polar surface area (TPSA) is 49.8 Å². The van der Waals surface area contributed by atoms with Gasteiger partial charge in [0.2, 0.25) is 5.95 Å². The van der Waals surface area contributed by atoms with Crippen LogP contribution in [0.2, 0.25) is 0 Å². The molecule has 0 aliphatic carbocycles. The van der Waals surface area contributed by atoms with Crippen molar-refractivity contribution < 1.29 is 0 Å². The third-order valence-corrected chi connectivity index (χ3v) is 3.23. The summed E-state index contributed by atoms with van der Waals surface area (Å²) in [4.78, 5) is 11.2. The lowest BCUT2D eigenvalue weighted by atomic mass is 10.3. The quantitative estimate of drug-likeness (QED) is 0.857. The van der Waals surface area contributed by atoms with Crippen LogP contribution in [0.1, 0.15) is 18.2 Å². The minimum atomic E-state index is 0.709. The van der Waals surface area contributed by atoms with E-state index in [4.69, 9.17) is 0 Å². The van der Waals surface area contributed by atoms with E-state index >= 15 is 0 Å². The van der Waals surface area contributed by atoms with E-state index in [9.17, 15) is 0 Å². The number of fused-ring (bicyclic) bond motifs is 1. The molecule has 5 heteroatoms. The molecule has 0 unspecified atom stereocenters. The molecule has 2 aromatic heterocycles. The normalized spacial score (nSPS) is 10.7. The molecule has 2 rings (SSSR count). The molecule has 16 heavy (non-hydrogen) atoms. The minimum Gasteiger partial charge on any atom is -0.372 e. The van der Waals surface area contributed by atoms with Crippen LogP contribution in [-0.4, -0.2) is 23.6 Å². The fourth-order valence-corrected chi connectivity index (χ4v) is 2.43. The fraction of sp³-hybridized carbons (Fsp3) is 0.455. The molecule has 4 nitrogen and oxygen atoms in total. The maximum Gasteiger partial charge on any atom is 0.226 e. The molecule has 0 saturated heterocycles.